The molecule has 0 bridgehead atoms. The zero-order valence-corrected chi connectivity index (χ0v) is 8.53. The maximum Gasteiger partial charge on any atom is 0.340 e. The van der Waals surface area contributed by atoms with Crippen LogP contribution in [0.25, 0.3) is 10.1 Å². The quantitative estimate of drug-likeness (QED) is 0.736. The molecule has 1 aromatic carbocycles. The Morgan fingerprint density at radius 3 is 2.86 bits per heavy atom. The zero-order chi connectivity index (χ0) is 10.3. The first-order valence-electron chi connectivity index (χ1n) is 3.74. The summed E-state index contributed by atoms with van der Waals surface area (Å²) in [6, 6.07) is 4.42. The summed E-state index contributed by atoms with van der Waals surface area (Å²) in [5.74, 6) is -1.96. The fourth-order valence-electron chi connectivity index (χ4n) is 1.26. The number of thiol groups is 1. The van der Waals surface area contributed by atoms with Gasteiger partial charge in [0.25, 0.3) is 0 Å². The molecular weight excluding hydrogens is 223 g/mol. The van der Waals surface area contributed by atoms with Crippen molar-refractivity contribution in [2.24, 2.45) is 0 Å². The highest BCUT2D eigenvalue weighted by Gasteiger charge is 2.16. The molecule has 1 aromatic heterocycles. The van der Waals surface area contributed by atoms with Crippen LogP contribution in [0.15, 0.2) is 22.4 Å². The molecule has 0 aliphatic carbocycles. The van der Waals surface area contributed by atoms with Crippen molar-refractivity contribution < 1.29 is 14.3 Å². The van der Waals surface area contributed by atoms with Gasteiger partial charge in [0.2, 0.25) is 0 Å². The molecule has 0 saturated heterocycles. The third-order valence-electron chi connectivity index (χ3n) is 1.84. The fourth-order valence-corrected chi connectivity index (χ4v) is 2.60. The minimum Gasteiger partial charge on any atom is -0.478 e. The van der Waals surface area contributed by atoms with E-state index in [9.17, 15) is 9.18 Å². The molecule has 0 saturated carbocycles. The van der Waals surface area contributed by atoms with E-state index in [-0.39, 0.29) is 5.56 Å². The van der Waals surface area contributed by atoms with Gasteiger partial charge in [0.1, 0.15) is 11.4 Å². The molecule has 0 spiro atoms. The minimum atomic E-state index is -1.25. The van der Waals surface area contributed by atoms with E-state index in [0.29, 0.717) is 14.3 Å². The summed E-state index contributed by atoms with van der Waals surface area (Å²) in [6.45, 7) is 0. The average Bonchev–Trinajstić information content (AvgIpc) is 2.43. The highest BCUT2D eigenvalue weighted by atomic mass is 32.2. The Labute approximate surface area is 88.4 Å². The number of rotatable bonds is 1. The molecule has 1 N–H and O–H groups in total. The van der Waals surface area contributed by atoms with Crippen LogP contribution in [0.3, 0.4) is 0 Å². The van der Waals surface area contributed by atoms with Crippen LogP contribution in [0.1, 0.15) is 10.4 Å². The van der Waals surface area contributed by atoms with Crippen molar-refractivity contribution in [1.29, 1.82) is 0 Å². The van der Waals surface area contributed by atoms with Crippen LogP contribution in [0.5, 0.6) is 0 Å². The Balaban J connectivity index is 2.88. The lowest BCUT2D eigenvalue weighted by Gasteiger charge is -1.97. The van der Waals surface area contributed by atoms with Crippen LogP contribution in [-0.2, 0) is 0 Å². The summed E-state index contributed by atoms with van der Waals surface area (Å²) >= 11 is 5.26. The molecule has 2 aromatic rings. The first-order valence-corrected chi connectivity index (χ1v) is 5.00. The summed E-state index contributed by atoms with van der Waals surface area (Å²) in [5, 5.41) is 9.52. The van der Waals surface area contributed by atoms with E-state index < -0.39 is 11.8 Å². The van der Waals surface area contributed by atoms with Gasteiger partial charge in [-0.15, -0.1) is 24.0 Å². The van der Waals surface area contributed by atoms with Crippen molar-refractivity contribution in [3.05, 3.63) is 29.6 Å². The lowest BCUT2D eigenvalue weighted by atomic mass is 10.1. The van der Waals surface area contributed by atoms with E-state index in [4.69, 9.17) is 5.11 Å². The zero-order valence-electron chi connectivity index (χ0n) is 6.82. The number of carbonyl (C=O) groups is 1. The van der Waals surface area contributed by atoms with Crippen LogP contribution >= 0.6 is 24.0 Å². The Kier molecular flexibility index (Phi) is 2.20. The number of thiophene rings is 1. The normalized spacial score (nSPS) is 10.7. The van der Waals surface area contributed by atoms with E-state index in [0.717, 1.165) is 17.4 Å². The standard InChI is InChI=1S/C9H5FO2S2/c10-5-2-1-4-3-6(13)14-8(4)7(5)9(11)12/h1-3,13H,(H,11,12). The van der Waals surface area contributed by atoms with E-state index in [1.807, 2.05) is 0 Å². The summed E-state index contributed by atoms with van der Waals surface area (Å²) in [5.41, 5.74) is -0.271. The number of hydrogen-bond donors (Lipinski definition) is 2. The number of carboxylic acids is 1. The predicted octanol–water partition coefficient (Wildman–Crippen LogP) is 3.03. The van der Waals surface area contributed by atoms with Gasteiger partial charge in [-0.3, -0.25) is 0 Å². The lowest BCUT2D eigenvalue weighted by molar-refractivity contribution is 0.0694. The maximum absolute atomic E-state index is 13.2. The summed E-state index contributed by atoms with van der Waals surface area (Å²) in [4.78, 5) is 10.8. The monoisotopic (exact) mass is 228 g/mol. The third-order valence-corrected chi connectivity index (χ3v) is 3.21. The molecule has 14 heavy (non-hydrogen) atoms. The van der Waals surface area contributed by atoms with Gasteiger partial charge in [-0.05, 0) is 17.5 Å². The van der Waals surface area contributed by atoms with Gasteiger partial charge >= 0.3 is 5.97 Å². The molecule has 2 nitrogen and oxygen atoms in total. The topological polar surface area (TPSA) is 37.3 Å². The molecule has 0 radical (unpaired) electrons. The van der Waals surface area contributed by atoms with Crippen molar-refractivity contribution in [2.45, 2.75) is 4.21 Å². The van der Waals surface area contributed by atoms with Crippen molar-refractivity contribution in [2.75, 3.05) is 0 Å². The van der Waals surface area contributed by atoms with Crippen molar-refractivity contribution in [3.8, 4) is 0 Å². The number of fused-ring (bicyclic) bond motifs is 1. The van der Waals surface area contributed by atoms with Gasteiger partial charge in [-0.2, -0.15) is 0 Å². The molecular formula is C9H5FO2S2. The Hall–Kier alpha value is -1.07. The van der Waals surface area contributed by atoms with Crippen LogP contribution in [-0.4, -0.2) is 11.1 Å². The second-order valence-corrected chi connectivity index (χ2v) is 4.57. The lowest BCUT2D eigenvalue weighted by Crippen LogP contribution is -1.99. The predicted molar refractivity (Wildman–Crippen MR) is 56.0 cm³/mol. The molecule has 5 heteroatoms. The van der Waals surface area contributed by atoms with Gasteiger partial charge in [-0.1, -0.05) is 6.07 Å². The molecule has 0 atom stereocenters. The van der Waals surface area contributed by atoms with E-state index >= 15 is 0 Å². The molecule has 72 valence electrons. The van der Waals surface area contributed by atoms with Crippen molar-refractivity contribution >= 4 is 40.0 Å². The van der Waals surface area contributed by atoms with Gasteiger partial charge in [0, 0.05) is 0 Å². The van der Waals surface area contributed by atoms with Crippen LogP contribution in [0.4, 0.5) is 4.39 Å². The third kappa shape index (κ3) is 1.38. The highest BCUT2D eigenvalue weighted by molar-refractivity contribution is 7.83. The van der Waals surface area contributed by atoms with Crippen molar-refractivity contribution in [3.63, 3.8) is 0 Å². The first-order chi connectivity index (χ1) is 6.59. The Bertz CT molecular complexity index is 519. The SMILES string of the molecule is O=C(O)c1c(F)ccc2cc(S)sc12. The van der Waals surface area contributed by atoms with Crippen molar-refractivity contribution in [1.82, 2.24) is 0 Å². The molecule has 1 heterocycles. The molecule has 0 unspecified atom stereocenters. The van der Waals surface area contributed by atoms with E-state index in [2.05, 4.69) is 12.6 Å². The van der Waals surface area contributed by atoms with Crippen LogP contribution < -0.4 is 0 Å². The van der Waals surface area contributed by atoms with Crippen LogP contribution in [0, 0.1) is 5.82 Å². The fraction of sp³-hybridized carbons (Fsp3) is 0. The summed E-state index contributed by atoms with van der Waals surface area (Å²) in [6.07, 6.45) is 0. The summed E-state index contributed by atoms with van der Waals surface area (Å²) < 4.78 is 14.3. The van der Waals surface area contributed by atoms with Gasteiger partial charge in [0.15, 0.2) is 0 Å². The second kappa shape index (κ2) is 3.25. The number of hydrogen-bond acceptors (Lipinski definition) is 3. The Morgan fingerprint density at radius 2 is 2.21 bits per heavy atom. The highest BCUT2D eigenvalue weighted by Crippen LogP contribution is 2.32. The van der Waals surface area contributed by atoms with E-state index in [1.54, 1.807) is 12.1 Å². The number of carboxylic acid groups (broad SMARTS) is 1. The Morgan fingerprint density at radius 1 is 1.50 bits per heavy atom. The number of aromatic carboxylic acids is 1. The van der Waals surface area contributed by atoms with Gasteiger partial charge in [-0.25, -0.2) is 9.18 Å². The molecule has 2 rings (SSSR count). The smallest absolute Gasteiger partial charge is 0.340 e. The molecule has 0 aliphatic rings. The molecule has 0 amide bonds. The van der Waals surface area contributed by atoms with Gasteiger partial charge < -0.3 is 5.11 Å². The van der Waals surface area contributed by atoms with E-state index in [1.165, 1.54) is 0 Å². The average molecular weight is 228 g/mol. The maximum atomic E-state index is 13.2. The summed E-state index contributed by atoms with van der Waals surface area (Å²) in [7, 11) is 0. The second-order valence-electron chi connectivity index (χ2n) is 2.73. The number of benzene rings is 1. The van der Waals surface area contributed by atoms with Crippen LogP contribution in [0.2, 0.25) is 0 Å². The molecule has 0 aliphatic heterocycles. The first kappa shape index (κ1) is 9.48. The van der Waals surface area contributed by atoms with Gasteiger partial charge in [0.05, 0.1) is 8.91 Å². The molecule has 0 fully saturated rings. The largest absolute Gasteiger partial charge is 0.478 e. The minimum absolute atomic E-state index is 0.271. The number of halogens is 1.